The molecule has 0 radical (unpaired) electrons. The number of piperazine rings is 1. The second-order valence-corrected chi connectivity index (χ2v) is 5.12. The van der Waals surface area contributed by atoms with E-state index in [1.807, 2.05) is 11.3 Å². The van der Waals surface area contributed by atoms with Gasteiger partial charge in [-0.1, -0.05) is 0 Å². The maximum atomic E-state index is 3.47. The van der Waals surface area contributed by atoms with E-state index in [-0.39, 0.29) is 0 Å². The largest absolute Gasteiger partial charge is 0.312 e. The van der Waals surface area contributed by atoms with Gasteiger partial charge in [0.1, 0.15) is 0 Å². The van der Waals surface area contributed by atoms with Crippen molar-refractivity contribution >= 4 is 11.3 Å². The molecule has 0 saturated carbocycles. The average Bonchev–Trinajstić information content (AvgIpc) is 2.52. The Labute approximate surface area is 89.9 Å². The van der Waals surface area contributed by atoms with Crippen molar-refractivity contribution in [1.29, 1.82) is 0 Å². The molecule has 1 aliphatic rings. The van der Waals surface area contributed by atoms with Crippen molar-refractivity contribution in [2.75, 3.05) is 19.6 Å². The summed E-state index contributed by atoms with van der Waals surface area (Å²) in [5, 5.41) is 5.66. The van der Waals surface area contributed by atoms with E-state index >= 15 is 0 Å². The van der Waals surface area contributed by atoms with Gasteiger partial charge in [0.25, 0.3) is 0 Å². The zero-order valence-electron chi connectivity index (χ0n) is 8.92. The molecule has 0 aromatic carbocycles. The third-order valence-corrected chi connectivity index (χ3v) is 3.80. The Balaban J connectivity index is 1.94. The Morgan fingerprint density at radius 2 is 2.50 bits per heavy atom. The number of aryl methyl sites for hydroxylation is 1. The number of hydrogen-bond donors (Lipinski definition) is 1. The maximum absolute atomic E-state index is 3.47. The van der Waals surface area contributed by atoms with E-state index < -0.39 is 0 Å². The minimum atomic E-state index is 0.643. The molecule has 14 heavy (non-hydrogen) atoms. The van der Waals surface area contributed by atoms with E-state index in [0.29, 0.717) is 6.04 Å². The molecule has 1 saturated heterocycles. The van der Waals surface area contributed by atoms with Gasteiger partial charge in [0.2, 0.25) is 0 Å². The van der Waals surface area contributed by atoms with Crippen LogP contribution in [0.3, 0.4) is 0 Å². The lowest BCUT2D eigenvalue weighted by molar-refractivity contribution is 0.201. The molecule has 1 N–H and O–H groups in total. The van der Waals surface area contributed by atoms with E-state index in [4.69, 9.17) is 0 Å². The highest BCUT2D eigenvalue weighted by Gasteiger charge is 2.16. The zero-order valence-corrected chi connectivity index (χ0v) is 9.73. The fourth-order valence-corrected chi connectivity index (χ4v) is 2.87. The van der Waals surface area contributed by atoms with Crippen LogP contribution in [0.4, 0.5) is 0 Å². The molecule has 2 nitrogen and oxygen atoms in total. The predicted molar refractivity (Wildman–Crippen MR) is 61.8 cm³/mol. The normalized spacial score (nSPS) is 24.0. The molecule has 1 aromatic rings. The van der Waals surface area contributed by atoms with Crippen LogP contribution in [-0.2, 0) is 6.54 Å². The summed E-state index contributed by atoms with van der Waals surface area (Å²) in [6, 6.07) is 2.86. The lowest BCUT2D eigenvalue weighted by Crippen LogP contribution is -2.48. The Hall–Kier alpha value is -0.380. The highest BCUT2D eigenvalue weighted by atomic mass is 32.1. The van der Waals surface area contributed by atoms with Crippen LogP contribution in [0.25, 0.3) is 0 Å². The van der Waals surface area contributed by atoms with Gasteiger partial charge in [0.15, 0.2) is 0 Å². The van der Waals surface area contributed by atoms with Crippen LogP contribution >= 0.6 is 11.3 Å². The van der Waals surface area contributed by atoms with Gasteiger partial charge in [-0.15, -0.1) is 11.3 Å². The van der Waals surface area contributed by atoms with E-state index in [0.717, 1.165) is 13.1 Å². The zero-order chi connectivity index (χ0) is 9.97. The SMILES string of the molecule is Cc1ccsc1CN1CCN[C@@H](C)C1. The quantitative estimate of drug-likeness (QED) is 0.801. The van der Waals surface area contributed by atoms with Gasteiger partial charge in [-0.05, 0) is 30.9 Å². The summed E-state index contributed by atoms with van der Waals surface area (Å²) < 4.78 is 0. The molecule has 0 bridgehead atoms. The van der Waals surface area contributed by atoms with Crippen molar-refractivity contribution in [2.24, 2.45) is 0 Å². The van der Waals surface area contributed by atoms with Crippen molar-refractivity contribution in [1.82, 2.24) is 10.2 Å². The monoisotopic (exact) mass is 210 g/mol. The van der Waals surface area contributed by atoms with E-state index in [9.17, 15) is 0 Å². The summed E-state index contributed by atoms with van der Waals surface area (Å²) in [4.78, 5) is 4.07. The van der Waals surface area contributed by atoms with Crippen molar-refractivity contribution in [3.05, 3.63) is 21.9 Å². The van der Waals surface area contributed by atoms with Gasteiger partial charge in [-0.25, -0.2) is 0 Å². The van der Waals surface area contributed by atoms with Gasteiger partial charge < -0.3 is 5.32 Å². The van der Waals surface area contributed by atoms with Gasteiger partial charge in [-0.3, -0.25) is 4.90 Å². The minimum absolute atomic E-state index is 0.643. The van der Waals surface area contributed by atoms with Crippen molar-refractivity contribution in [2.45, 2.75) is 26.4 Å². The molecule has 0 unspecified atom stereocenters. The summed E-state index contributed by atoms with van der Waals surface area (Å²) in [7, 11) is 0. The molecule has 3 heteroatoms. The van der Waals surface area contributed by atoms with Crippen LogP contribution in [0.2, 0.25) is 0 Å². The third kappa shape index (κ3) is 2.35. The molecule has 1 aliphatic heterocycles. The maximum Gasteiger partial charge on any atom is 0.0331 e. The van der Waals surface area contributed by atoms with Crippen LogP contribution < -0.4 is 5.32 Å². The van der Waals surface area contributed by atoms with Crippen LogP contribution in [0.15, 0.2) is 11.4 Å². The minimum Gasteiger partial charge on any atom is -0.312 e. The first kappa shape index (κ1) is 10.1. The molecule has 1 aromatic heterocycles. The van der Waals surface area contributed by atoms with Gasteiger partial charge in [0, 0.05) is 37.1 Å². The first-order valence-electron chi connectivity index (χ1n) is 5.24. The number of nitrogens with zero attached hydrogens (tertiary/aromatic N) is 1. The van der Waals surface area contributed by atoms with Gasteiger partial charge in [0.05, 0.1) is 0 Å². The van der Waals surface area contributed by atoms with Crippen molar-refractivity contribution in [3.8, 4) is 0 Å². The Kier molecular flexibility index (Phi) is 3.21. The van der Waals surface area contributed by atoms with Crippen molar-refractivity contribution in [3.63, 3.8) is 0 Å². The molecule has 1 atom stereocenters. The molecule has 1 fully saturated rings. The van der Waals surface area contributed by atoms with Crippen LogP contribution in [0.1, 0.15) is 17.4 Å². The van der Waals surface area contributed by atoms with Gasteiger partial charge in [-0.2, -0.15) is 0 Å². The lowest BCUT2D eigenvalue weighted by atomic mass is 10.2. The second-order valence-electron chi connectivity index (χ2n) is 4.12. The number of thiophene rings is 1. The molecular weight excluding hydrogens is 192 g/mol. The van der Waals surface area contributed by atoms with Crippen molar-refractivity contribution < 1.29 is 0 Å². The first-order chi connectivity index (χ1) is 6.75. The summed E-state index contributed by atoms with van der Waals surface area (Å²) in [5.74, 6) is 0. The smallest absolute Gasteiger partial charge is 0.0331 e. The average molecular weight is 210 g/mol. The predicted octanol–water partition coefficient (Wildman–Crippen LogP) is 1.85. The molecule has 0 spiro atoms. The Morgan fingerprint density at radius 3 is 3.14 bits per heavy atom. The number of rotatable bonds is 2. The second kappa shape index (κ2) is 4.43. The molecular formula is C11H18N2S. The first-order valence-corrected chi connectivity index (χ1v) is 6.12. The highest BCUT2D eigenvalue weighted by molar-refractivity contribution is 7.10. The lowest BCUT2D eigenvalue weighted by Gasteiger charge is -2.31. The highest BCUT2D eigenvalue weighted by Crippen LogP contribution is 2.18. The topological polar surface area (TPSA) is 15.3 Å². The fraction of sp³-hybridized carbons (Fsp3) is 0.636. The fourth-order valence-electron chi connectivity index (χ4n) is 1.92. The van der Waals surface area contributed by atoms with E-state index in [2.05, 4.69) is 35.5 Å². The third-order valence-electron chi connectivity index (χ3n) is 2.79. The number of nitrogens with one attached hydrogen (secondary N) is 1. The molecule has 2 heterocycles. The molecule has 0 aliphatic carbocycles. The standard InChI is InChI=1S/C11H18N2S/c1-9-3-6-14-11(9)8-13-5-4-12-10(2)7-13/h3,6,10,12H,4-5,7-8H2,1-2H3/t10-/m0/s1. The van der Waals surface area contributed by atoms with Crippen LogP contribution in [0.5, 0.6) is 0 Å². The summed E-state index contributed by atoms with van der Waals surface area (Å²) in [5.41, 5.74) is 1.45. The summed E-state index contributed by atoms with van der Waals surface area (Å²) in [6.45, 7) is 9.09. The van der Waals surface area contributed by atoms with Gasteiger partial charge >= 0.3 is 0 Å². The van der Waals surface area contributed by atoms with E-state index in [1.54, 1.807) is 0 Å². The molecule has 78 valence electrons. The number of hydrogen-bond acceptors (Lipinski definition) is 3. The molecule has 0 amide bonds. The summed E-state index contributed by atoms with van der Waals surface area (Å²) >= 11 is 1.88. The molecule has 2 rings (SSSR count). The van der Waals surface area contributed by atoms with Crippen LogP contribution in [0, 0.1) is 6.92 Å². The summed E-state index contributed by atoms with van der Waals surface area (Å²) in [6.07, 6.45) is 0. The Bertz CT molecular complexity index is 295. The van der Waals surface area contributed by atoms with E-state index in [1.165, 1.54) is 23.5 Å². The van der Waals surface area contributed by atoms with Crippen LogP contribution in [-0.4, -0.2) is 30.6 Å². The Morgan fingerprint density at radius 1 is 1.64 bits per heavy atom.